The highest BCUT2D eigenvalue weighted by Crippen LogP contribution is 2.22. The van der Waals surface area contributed by atoms with Gasteiger partial charge in [-0.2, -0.15) is 0 Å². The Hall–Kier alpha value is -1.20. The van der Waals surface area contributed by atoms with Crippen LogP contribution in [0.5, 0.6) is 0 Å². The molecular weight excluding hydrogens is 256 g/mol. The molecule has 0 aliphatic carbocycles. The minimum Gasteiger partial charge on any atom is -0.378 e. The Morgan fingerprint density at radius 2 is 1.85 bits per heavy atom. The maximum atomic E-state index is 11.7. The fraction of sp³-hybridized carbons (Fsp3) is 0.733. The highest BCUT2D eigenvalue weighted by Gasteiger charge is 2.24. The first-order valence-electron chi connectivity index (χ1n) is 7.16. The number of rotatable bonds is 12. The summed E-state index contributed by atoms with van der Waals surface area (Å²) in [6, 6.07) is 0. The molecule has 0 unspecified atom stereocenters. The van der Waals surface area contributed by atoms with Gasteiger partial charge in [0, 0.05) is 24.9 Å². The molecule has 0 aliphatic heterocycles. The van der Waals surface area contributed by atoms with Crippen molar-refractivity contribution in [3.63, 3.8) is 0 Å². The van der Waals surface area contributed by atoms with Gasteiger partial charge in [-0.05, 0) is 19.0 Å². The lowest BCUT2D eigenvalue weighted by atomic mass is 9.83. The lowest BCUT2D eigenvalue weighted by Gasteiger charge is -2.22. The third-order valence-corrected chi connectivity index (χ3v) is 3.16. The molecule has 0 saturated heterocycles. The van der Waals surface area contributed by atoms with Gasteiger partial charge < -0.3 is 15.4 Å². The van der Waals surface area contributed by atoms with Crippen LogP contribution in [0.3, 0.4) is 0 Å². The SMILES string of the molecule is C=CC(=O)NCCOCCNCCC(C)(C)C(=O)CC. The van der Waals surface area contributed by atoms with Crippen LogP contribution in [0.4, 0.5) is 0 Å². The van der Waals surface area contributed by atoms with Crippen LogP contribution in [0.25, 0.3) is 0 Å². The van der Waals surface area contributed by atoms with E-state index in [0.717, 1.165) is 19.5 Å². The molecule has 2 N–H and O–H groups in total. The fourth-order valence-electron chi connectivity index (χ4n) is 1.71. The summed E-state index contributed by atoms with van der Waals surface area (Å²) in [5.41, 5.74) is -0.252. The zero-order valence-electron chi connectivity index (χ0n) is 13.0. The van der Waals surface area contributed by atoms with Crippen LogP contribution in [0.15, 0.2) is 12.7 Å². The molecule has 116 valence electrons. The van der Waals surface area contributed by atoms with Gasteiger partial charge in [-0.25, -0.2) is 0 Å². The molecule has 0 aromatic carbocycles. The summed E-state index contributed by atoms with van der Waals surface area (Å²) in [5, 5.41) is 5.88. The van der Waals surface area contributed by atoms with Gasteiger partial charge in [-0.1, -0.05) is 27.4 Å². The first-order chi connectivity index (χ1) is 9.44. The average molecular weight is 284 g/mol. The molecule has 0 aromatic rings. The quantitative estimate of drug-likeness (QED) is 0.418. The summed E-state index contributed by atoms with van der Waals surface area (Å²) in [7, 11) is 0. The fourth-order valence-corrected chi connectivity index (χ4v) is 1.71. The standard InChI is InChI=1S/C15H28N2O3/c1-5-13(18)15(3,4)7-8-16-9-11-20-12-10-17-14(19)6-2/h6,16H,2,5,7-12H2,1,3-4H3,(H,17,19). The van der Waals surface area contributed by atoms with Gasteiger partial charge in [0.2, 0.25) is 5.91 Å². The smallest absolute Gasteiger partial charge is 0.243 e. The molecule has 0 aliphatic rings. The maximum absolute atomic E-state index is 11.7. The topological polar surface area (TPSA) is 67.4 Å². The predicted molar refractivity (Wildman–Crippen MR) is 80.6 cm³/mol. The molecule has 0 spiro atoms. The highest BCUT2D eigenvalue weighted by atomic mass is 16.5. The van der Waals surface area contributed by atoms with Crippen LogP contribution in [-0.4, -0.2) is 44.5 Å². The molecule has 5 heteroatoms. The van der Waals surface area contributed by atoms with E-state index in [0.29, 0.717) is 32.0 Å². The molecule has 0 radical (unpaired) electrons. The van der Waals surface area contributed by atoms with E-state index < -0.39 is 0 Å². The van der Waals surface area contributed by atoms with Gasteiger partial charge in [-0.15, -0.1) is 0 Å². The van der Waals surface area contributed by atoms with Crippen LogP contribution in [0.1, 0.15) is 33.6 Å². The third-order valence-electron chi connectivity index (χ3n) is 3.16. The van der Waals surface area contributed by atoms with Gasteiger partial charge in [0.05, 0.1) is 13.2 Å². The zero-order chi connectivity index (χ0) is 15.4. The predicted octanol–water partition coefficient (Wildman–Crippen LogP) is 1.29. The summed E-state index contributed by atoms with van der Waals surface area (Å²) in [6.45, 7) is 12.3. The molecule has 0 atom stereocenters. The Morgan fingerprint density at radius 1 is 1.20 bits per heavy atom. The van der Waals surface area contributed by atoms with Crippen molar-refractivity contribution in [1.82, 2.24) is 10.6 Å². The highest BCUT2D eigenvalue weighted by molar-refractivity contribution is 5.86. The van der Waals surface area contributed by atoms with Gasteiger partial charge in [-0.3, -0.25) is 9.59 Å². The largest absolute Gasteiger partial charge is 0.378 e. The van der Waals surface area contributed by atoms with Gasteiger partial charge in [0.15, 0.2) is 0 Å². The molecule has 0 saturated carbocycles. The first kappa shape index (κ1) is 18.8. The second-order valence-electron chi connectivity index (χ2n) is 5.27. The lowest BCUT2D eigenvalue weighted by Crippen LogP contribution is -2.31. The van der Waals surface area contributed by atoms with E-state index >= 15 is 0 Å². The first-order valence-corrected chi connectivity index (χ1v) is 7.16. The Kier molecular flexibility index (Phi) is 9.94. The van der Waals surface area contributed by atoms with Gasteiger partial charge in [0.1, 0.15) is 5.78 Å². The molecule has 20 heavy (non-hydrogen) atoms. The Labute approximate surface area is 122 Å². The van der Waals surface area contributed by atoms with Crippen molar-refractivity contribution < 1.29 is 14.3 Å². The van der Waals surface area contributed by atoms with Crippen LogP contribution < -0.4 is 10.6 Å². The van der Waals surface area contributed by atoms with Gasteiger partial charge >= 0.3 is 0 Å². The van der Waals surface area contributed by atoms with Crippen molar-refractivity contribution in [3.05, 3.63) is 12.7 Å². The zero-order valence-corrected chi connectivity index (χ0v) is 13.0. The van der Waals surface area contributed by atoms with Crippen molar-refractivity contribution in [1.29, 1.82) is 0 Å². The van der Waals surface area contributed by atoms with E-state index in [1.54, 1.807) is 0 Å². The van der Waals surface area contributed by atoms with E-state index in [2.05, 4.69) is 17.2 Å². The van der Waals surface area contributed by atoms with Crippen molar-refractivity contribution in [2.45, 2.75) is 33.6 Å². The number of nitrogens with one attached hydrogen (secondary N) is 2. The number of Topliss-reactive ketones (excluding diaryl/α,β-unsaturated/α-hetero) is 1. The minimum absolute atomic E-state index is 0.186. The van der Waals surface area contributed by atoms with Crippen molar-refractivity contribution in [2.24, 2.45) is 5.41 Å². The van der Waals surface area contributed by atoms with E-state index in [-0.39, 0.29) is 11.3 Å². The normalized spacial score (nSPS) is 11.2. The maximum Gasteiger partial charge on any atom is 0.243 e. The van der Waals surface area contributed by atoms with Gasteiger partial charge in [0.25, 0.3) is 0 Å². The molecule has 1 amide bonds. The van der Waals surface area contributed by atoms with Crippen molar-refractivity contribution in [2.75, 3.05) is 32.8 Å². The number of hydrogen-bond donors (Lipinski definition) is 2. The summed E-state index contributed by atoms with van der Waals surface area (Å²) in [6.07, 6.45) is 2.66. The molecule has 0 bridgehead atoms. The van der Waals surface area contributed by atoms with Crippen LogP contribution >= 0.6 is 0 Å². The molecule has 5 nitrogen and oxygen atoms in total. The number of amides is 1. The number of carbonyl (C=O) groups is 2. The second-order valence-corrected chi connectivity index (χ2v) is 5.27. The molecule has 0 aromatic heterocycles. The third kappa shape index (κ3) is 8.82. The van der Waals surface area contributed by atoms with Crippen molar-refractivity contribution in [3.8, 4) is 0 Å². The van der Waals surface area contributed by atoms with Crippen LogP contribution in [0.2, 0.25) is 0 Å². The Balaban J connectivity index is 3.43. The van der Waals surface area contributed by atoms with Crippen LogP contribution in [0, 0.1) is 5.41 Å². The van der Waals surface area contributed by atoms with Crippen molar-refractivity contribution >= 4 is 11.7 Å². The van der Waals surface area contributed by atoms with E-state index in [9.17, 15) is 9.59 Å². The minimum atomic E-state index is -0.252. The molecule has 0 fully saturated rings. The average Bonchev–Trinajstić information content (AvgIpc) is 2.43. The lowest BCUT2D eigenvalue weighted by molar-refractivity contribution is -0.127. The summed E-state index contributed by atoms with van der Waals surface area (Å²) >= 11 is 0. The number of ether oxygens (including phenoxy) is 1. The summed E-state index contributed by atoms with van der Waals surface area (Å²) in [4.78, 5) is 22.5. The monoisotopic (exact) mass is 284 g/mol. The van der Waals surface area contributed by atoms with E-state index in [4.69, 9.17) is 4.74 Å². The van der Waals surface area contributed by atoms with E-state index in [1.807, 2.05) is 20.8 Å². The summed E-state index contributed by atoms with van der Waals surface area (Å²) < 4.78 is 5.35. The Morgan fingerprint density at radius 3 is 2.45 bits per heavy atom. The van der Waals surface area contributed by atoms with Crippen LogP contribution in [-0.2, 0) is 14.3 Å². The number of carbonyl (C=O) groups excluding carboxylic acids is 2. The second kappa shape index (κ2) is 10.6. The van der Waals surface area contributed by atoms with E-state index in [1.165, 1.54) is 6.08 Å². The molecule has 0 rings (SSSR count). The number of hydrogen-bond acceptors (Lipinski definition) is 4. The Bertz CT molecular complexity index is 314. The molecular formula is C15H28N2O3. The molecule has 0 heterocycles. The summed E-state index contributed by atoms with van der Waals surface area (Å²) in [5.74, 6) is 0.114. The number of ketones is 1.